The van der Waals surface area contributed by atoms with Crippen molar-refractivity contribution in [2.24, 2.45) is 11.1 Å². The number of rotatable bonds is 6. The third-order valence-corrected chi connectivity index (χ3v) is 5.19. The fourth-order valence-electron chi connectivity index (χ4n) is 2.83. The minimum Gasteiger partial charge on any atom is -0.456 e. The van der Waals surface area contributed by atoms with Gasteiger partial charge < -0.3 is 21.1 Å². The SMILES string of the molecule is CC(C)(C)C(=O)Nc1cccc(Oc2cc(F)cc(Nc3ccc(I)cc3F)c2C(N)=O)c1. The first kappa shape index (κ1) is 24.4. The van der Waals surface area contributed by atoms with Crippen LogP contribution >= 0.6 is 22.6 Å². The normalized spacial score (nSPS) is 11.1. The van der Waals surface area contributed by atoms with Crippen LogP contribution in [0, 0.1) is 20.6 Å². The lowest BCUT2D eigenvalue weighted by molar-refractivity contribution is -0.123. The molecule has 0 bridgehead atoms. The number of hydrogen-bond donors (Lipinski definition) is 3. The molecule has 2 amide bonds. The largest absolute Gasteiger partial charge is 0.456 e. The first-order chi connectivity index (χ1) is 15.4. The highest BCUT2D eigenvalue weighted by atomic mass is 127. The quantitative estimate of drug-likeness (QED) is 0.311. The molecule has 0 heterocycles. The molecule has 0 spiro atoms. The van der Waals surface area contributed by atoms with E-state index in [4.69, 9.17) is 10.5 Å². The predicted molar refractivity (Wildman–Crippen MR) is 132 cm³/mol. The molecular formula is C24H22F2IN3O3. The average Bonchev–Trinajstić information content (AvgIpc) is 2.69. The van der Waals surface area contributed by atoms with E-state index in [0.717, 1.165) is 12.1 Å². The van der Waals surface area contributed by atoms with Gasteiger partial charge in [0.15, 0.2) is 0 Å². The number of nitrogens with one attached hydrogen (secondary N) is 2. The maximum Gasteiger partial charge on any atom is 0.254 e. The Morgan fingerprint density at radius 3 is 2.36 bits per heavy atom. The van der Waals surface area contributed by atoms with Crippen LogP contribution in [-0.4, -0.2) is 11.8 Å². The molecule has 6 nitrogen and oxygen atoms in total. The van der Waals surface area contributed by atoms with E-state index in [9.17, 15) is 18.4 Å². The van der Waals surface area contributed by atoms with Gasteiger partial charge in [0.1, 0.15) is 28.7 Å². The highest BCUT2D eigenvalue weighted by molar-refractivity contribution is 14.1. The van der Waals surface area contributed by atoms with Crippen LogP contribution in [0.1, 0.15) is 31.1 Å². The Labute approximate surface area is 203 Å². The molecule has 0 saturated carbocycles. The van der Waals surface area contributed by atoms with Gasteiger partial charge in [0.2, 0.25) is 5.91 Å². The summed E-state index contributed by atoms with van der Waals surface area (Å²) >= 11 is 1.96. The Hall–Kier alpha value is -3.21. The van der Waals surface area contributed by atoms with Gasteiger partial charge in [0.25, 0.3) is 5.91 Å². The van der Waals surface area contributed by atoms with E-state index in [-0.39, 0.29) is 34.3 Å². The molecule has 0 unspecified atom stereocenters. The van der Waals surface area contributed by atoms with E-state index in [1.54, 1.807) is 45.0 Å². The van der Waals surface area contributed by atoms with Crippen LogP contribution in [-0.2, 0) is 4.79 Å². The van der Waals surface area contributed by atoms with Crippen LogP contribution in [0.3, 0.4) is 0 Å². The summed E-state index contributed by atoms with van der Waals surface area (Å²) in [5.74, 6) is -2.31. The minimum absolute atomic E-state index is 0.0429. The monoisotopic (exact) mass is 565 g/mol. The second-order valence-electron chi connectivity index (χ2n) is 8.27. The second kappa shape index (κ2) is 9.74. The van der Waals surface area contributed by atoms with Gasteiger partial charge in [-0.1, -0.05) is 26.8 Å². The van der Waals surface area contributed by atoms with Gasteiger partial charge in [-0.3, -0.25) is 9.59 Å². The lowest BCUT2D eigenvalue weighted by Gasteiger charge is -2.18. The molecule has 9 heteroatoms. The molecule has 0 atom stereocenters. The Kier molecular flexibility index (Phi) is 7.21. The molecule has 0 fully saturated rings. The van der Waals surface area contributed by atoms with Crippen molar-refractivity contribution in [1.29, 1.82) is 0 Å². The lowest BCUT2D eigenvalue weighted by Crippen LogP contribution is -2.27. The molecule has 172 valence electrons. The van der Waals surface area contributed by atoms with Crippen molar-refractivity contribution in [2.45, 2.75) is 20.8 Å². The first-order valence-electron chi connectivity index (χ1n) is 9.89. The van der Waals surface area contributed by atoms with E-state index in [1.165, 1.54) is 18.2 Å². The third-order valence-electron chi connectivity index (χ3n) is 4.51. The molecule has 0 saturated heterocycles. The summed E-state index contributed by atoms with van der Waals surface area (Å²) in [5, 5.41) is 5.49. The van der Waals surface area contributed by atoms with Crippen molar-refractivity contribution in [3.8, 4) is 11.5 Å². The smallest absolute Gasteiger partial charge is 0.254 e. The highest BCUT2D eigenvalue weighted by Gasteiger charge is 2.22. The summed E-state index contributed by atoms with van der Waals surface area (Å²) in [6.45, 7) is 5.33. The van der Waals surface area contributed by atoms with Gasteiger partial charge >= 0.3 is 0 Å². The Bertz CT molecular complexity index is 1230. The minimum atomic E-state index is -0.893. The van der Waals surface area contributed by atoms with E-state index >= 15 is 0 Å². The molecule has 0 aliphatic heterocycles. The maximum absolute atomic E-state index is 14.4. The molecule has 3 rings (SSSR count). The number of carbonyl (C=O) groups excluding carboxylic acids is 2. The van der Waals surface area contributed by atoms with Crippen LogP contribution in [0.4, 0.5) is 25.8 Å². The van der Waals surface area contributed by atoms with Gasteiger partial charge in [-0.15, -0.1) is 0 Å². The van der Waals surface area contributed by atoms with Crippen LogP contribution in [0.25, 0.3) is 0 Å². The number of anilines is 3. The number of carbonyl (C=O) groups is 2. The van der Waals surface area contributed by atoms with Crippen molar-refractivity contribution in [1.82, 2.24) is 0 Å². The summed E-state index contributed by atoms with van der Waals surface area (Å²) in [6, 6.07) is 12.9. The van der Waals surface area contributed by atoms with Gasteiger partial charge in [0, 0.05) is 26.8 Å². The molecule has 0 aromatic heterocycles. The molecule has 33 heavy (non-hydrogen) atoms. The van der Waals surface area contributed by atoms with Crippen LogP contribution in [0.5, 0.6) is 11.5 Å². The number of ether oxygens (including phenoxy) is 1. The van der Waals surface area contributed by atoms with Crippen LogP contribution in [0.15, 0.2) is 54.6 Å². The number of nitrogens with two attached hydrogens (primary N) is 1. The molecule has 3 aromatic rings. The van der Waals surface area contributed by atoms with E-state index in [1.807, 2.05) is 22.6 Å². The summed E-state index contributed by atoms with van der Waals surface area (Å²) in [5.41, 5.74) is 5.24. The average molecular weight is 565 g/mol. The summed E-state index contributed by atoms with van der Waals surface area (Å²) in [4.78, 5) is 24.5. The zero-order chi connectivity index (χ0) is 24.3. The molecule has 0 radical (unpaired) electrons. The van der Waals surface area contributed by atoms with E-state index in [0.29, 0.717) is 9.26 Å². The number of benzene rings is 3. The highest BCUT2D eigenvalue weighted by Crippen LogP contribution is 2.35. The zero-order valence-electron chi connectivity index (χ0n) is 18.1. The molecule has 0 aliphatic carbocycles. The molecule has 3 aromatic carbocycles. The number of hydrogen-bond acceptors (Lipinski definition) is 4. The van der Waals surface area contributed by atoms with Crippen molar-refractivity contribution in [2.75, 3.05) is 10.6 Å². The Morgan fingerprint density at radius 1 is 1.00 bits per heavy atom. The molecular weight excluding hydrogens is 543 g/mol. The maximum atomic E-state index is 14.4. The molecule has 0 aliphatic rings. The van der Waals surface area contributed by atoms with Crippen LogP contribution in [0.2, 0.25) is 0 Å². The predicted octanol–water partition coefficient (Wildman–Crippen LogP) is 6.19. The molecule has 4 N–H and O–H groups in total. The number of amides is 2. The Balaban J connectivity index is 1.96. The van der Waals surface area contributed by atoms with Gasteiger partial charge in [-0.25, -0.2) is 8.78 Å². The lowest BCUT2D eigenvalue weighted by atomic mass is 9.95. The summed E-state index contributed by atoms with van der Waals surface area (Å²) in [7, 11) is 0. The summed E-state index contributed by atoms with van der Waals surface area (Å²) < 4.78 is 35.1. The van der Waals surface area contributed by atoms with E-state index < -0.39 is 23.0 Å². The standard InChI is InChI=1S/C24H22F2IN3O3/c1-24(2,3)23(32)29-15-5-4-6-16(12-15)33-20-10-13(25)9-19(21(20)22(28)31)30-18-8-7-14(27)11-17(18)26/h4-12,30H,1-3H3,(H2,28,31)(H,29,32). The number of primary amides is 1. The zero-order valence-corrected chi connectivity index (χ0v) is 20.3. The van der Waals surface area contributed by atoms with E-state index in [2.05, 4.69) is 10.6 Å². The topological polar surface area (TPSA) is 93.4 Å². The fourth-order valence-corrected chi connectivity index (χ4v) is 3.29. The van der Waals surface area contributed by atoms with Gasteiger partial charge in [-0.05, 0) is 59.0 Å². The number of halogens is 3. The van der Waals surface area contributed by atoms with Gasteiger partial charge in [0.05, 0.1) is 11.4 Å². The third kappa shape index (κ3) is 6.19. The van der Waals surface area contributed by atoms with Crippen molar-refractivity contribution in [3.05, 3.63) is 75.4 Å². The first-order valence-corrected chi connectivity index (χ1v) is 11.0. The van der Waals surface area contributed by atoms with Crippen molar-refractivity contribution in [3.63, 3.8) is 0 Å². The summed E-state index contributed by atoms with van der Waals surface area (Å²) in [6.07, 6.45) is 0. The fraction of sp³-hybridized carbons (Fsp3) is 0.167. The van der Waals surface area contributed by atoms with Crippen LogP contribution < -0.4 is 21.1 Å². The van der Waals surface area contributed by atoms with Gasteiger partial charge in [-0.2, -0.15) is 0 Å². The van der Waals surface area contributed by atoms with Crippen molar-refractivity contribution < 1.29 is 23.1 Å². The van der Waals surface area contributed by atoms with Crippen molar-refractivity contribution >= 4 is 51.5 Å². The second-order valence-corrected chi connectivity index (χ2v) is 9.52. The Morgan fingerprint density at radius 2 is 1.73 bits per heavy atom.